The van der Waals surface area contributed by atoms with Crippen LogP contribution in [0.15, 0.2) is 54.9 Å². The molecule has 14 heteroatoms. The predicted molar refractivity (Wildman–Crippen MR) is 156 cm³/mol. The van der Waals surface area contributed by atoms with Crippen LogP contribution in [0.2, 0.25) is 0 Å². The molecule has 3 aromatic carbocycles. The number of likely N-dealkylation sites (N-methyl/N-ethyl adjacent to an activating group) is 1. The minimum Gasteiger partial charge on any atom is -0.493 e. The second-order valence-corrected chi connectivity index (χ2v) is 10.4. The van der Waals surface area contributed by atoms with Crippen molar-refractivity contribution in [2.24, 2.45) is 0 Å². The maximum Gasteiger partial charge on any atom is 0.416 e. The van der Waals surface area contributed by atoms with Crippen LogP contribution < -0.4 is 19.5 Å². The van der Waals surface area contributed by atoms with Gasteiger partial charge in [-0.15, -0.1) is 0 Å². The minimum absolute atomic E-state index is 0.0370. The Morgan fingerprint density at radius 2 is 1.64 bits per heavy atom. The summed E-state index contributed by atoms with van der Waals surface area (Å²) in [6.45, 7) is 2.81. The lowest BCUT2D eigenvalue weighted by molar-refractivity contribution is -0.138. The number of methoxy groups -OCH3 is 2. The number of alkyl halides is 3. The van der Waals surface area contributed by atoms with E-state index in [9.17, 15) is 22.8 Å². The molecule has 1 aliphatic heterocycles. The molecule has 0 unspecified atom stereocenters. The summed E-state index contributed by atoms with van der Waals surface area (Å²) in [6, 6.07) is 9.73. The molecule has 0 atom stereocenters. The second kappa shape index (κ2) is 13.0. The molecular formula is C31H29F4N5O5. The van der Waals surface area contributed by atoms with E-state index in [0.29, 0.717) is 35.5 Å². The summed E-state index contributed by atoms with van der Waals surface area (Å²) in [4.78, 5) is 37.8. The molecule has 5 rings (SSSR count). The number of halogens is 4. The van der Waals surface area contributed by atoms with Crippen LogP contribution in [-0.4, -0.2) is 78.9 Å². The molecule has 4 aromatic rings. The number of fused-ring (bicyclic) bond motifs is 1. The standard InChI is InChI=1S/C31H29F4N5O5/c1-39-8-10-40(11-9-39)16-18-4-5-19(12-23(18)31(33,34)35)38-29(42)28(41)21-7-6-20(13-24(21)32)45-30-22-14-26(43-2)27(44-3)15-25(22)36-17-37-30/h4-7,12-15,17H,8-11,16H2,1-3H3,(H,38,42). The topological polar surface area (TPSA) is 106 Å². The zero-order valence-electron chi connectivity index (χ0n) is 24.6. The van der Waals surface area contributed by atoms with Gasteiger partial charge in [0.25, 0.3) is 11.7 Å². The molecule has 0 aliphatic carbocycles. The number of aromatic nitrogens is 2. The molecule has 1 saturated heterocycles. The SMILES string of the molecule is COc1cc2ncnc(Oc3ccc(C(=O)C(=O)Nc4ccc(CN5CCN(C)CC5)c(C(F)(F)F)c4)c(F)c3)c2cc1OC. The number of ketones is 1. The van der Waals surface area contributed by atoms with E-state index >= 15 is 4.39 Å². The van der Waals surface area contributed by atoms with Crippen LogP contribution in [0.3, 0.4) is 0 Å². The fourth-order valence-corrected chi connectivity index (χ4v) is 4.91. The van der Waals surface area contributed by atoms with E-state index in [-0.39, 0.29) is 29.4 Å². The second-order valence-electron chi connectivity index (χ2n) is 10.4. The molecule has 45 heavy (non-hydrogen) atoms. The Kier molecular flexibility index (Phi) is 9.16. The number of anilines is 1. The van der Waals surface area contributed by atoms with Crippen molar-refractivity contribution < 1.29 is 41.4 Å². The van der Waals surface area contributed by atoms with Crippen molar-refractivity contribution in [3.8, 4) is 23.1 Å². The van der Waals surface area contributed by atoms with Gasteiger partial charge in [-0.2, -0.15) is 13.2 Å². The van der Waals surface area contributed by atoms with Crippen molar-refractivity contribution in [1.82, 2.24) is 19.8 Å². The van der Waals surface area contributed by atoms with Gasteiger partial charge >= 0.3 is 6.18 Å². The highest BCUT2D eigenvalue weighted by atomic mass is 19.4. The number of amides is 1. The van der Waals surface area contributed by atoms with Crippen molar-refractivity contribution in [2.45, 2.75) is 12.7 Å². The molecule has 1 aromatic heterocycles. The third-order valence-corrected chi connectivity index (χ3v) is 7.37. The van der Waals surface area contributed by atoms with E-state index in [1.165, 1.54) is 38.7 Å². The Hall–Kier alpha value is -4.82. The molecule has 1 amide bonds. The summed E-state index contributed by atoms with van der Waals surface area (Å²) in [6.07, 6.45) is -3.45. The highest BCUT2D eigenvalue weighted by molar-refractivity contribution is 6.46. The lowest BCUT2D eigenvalue weighted by atomic mass is 10.0. The van der Waals surface area contributed by atoms with Crippen molar-refractivity contribution in [3.63, 3.8) is 0 Å². The van der Waals surface area contributed by atoms with E-state index in [2.05, 4.69) is 20.2 Å². The lowest BCUT2D eigenvalue weighted by Gasteiger charge is -2.33. The average Bonchev–Trinajstić information content (AvgIpc) is 3.01. The van der Waals surface area contributed by atoms with E-state index in [4.69, 9.17) is 14.2 Å². The van der Waals surface area contributed by atoms with Crippen LogP contribution in [0.1, 0.15) is 21.5 Å². The van der Waals surface area contributed by atoms with Crippen molar-refractivity contribution in [3.05, 3.63) is 77.4 Å². The van der Waals surface area contributed by atoms with E-state index in [0.717, 1.165) is 31.3 Å². The third kappa shape index (κ3) is 7.13. The number of carbonyl (C=O) groups is 2. The maximum atomic E-state index is 15.0. The van der Waals surface area contributed by atoms with Crippen molar-refractivity contribution in [1.29, 1.82) is 0 Å². The van der Waals surface area contributed by atoms with Gasteiger partial charge in [0.05, 0.1) is 36.2 Å². The first-order valence-corrected chi connectivity index (χ1v) is 13.8. The van der Waals surface area contributed by atoms with E-state index < -0.39 is 34.8 Å². The highest BCUT2D eigenvalue weighted by Gasteiger charge is 2.34. The zero-order chi connectivity index (χ0) is 32.3. The van der Waals surface area contributed by atoms with Gasteiger partial charge in [-0.1, -0.05) is 6.07 Å². The zero-order valence-corrected chi connectivity index (χ0v) is 24.6. The molecule has 1 fully saturated rings. The van der Waals surface area contributed by atoms with Crippen LogP contribution >= 0.6 is 0 Å². The number of Topliss-reactive ketones (excluding diaryl/α,β-unsaturated/α-hetero) is 1. The first-order chi connectivity index (χ1) is 21.5. The molecule has 236 valence electrons. The molecule has 0 spiro atoms. The third-order valence-electron chi connectivity index (χ3n) is 7.37. The largest absolute Gasteiger partial charge is 0.493 e. The molecule has 1 aliphatic rings. The van der Waals surface area contributed by atoms with E-state index in [1.54, 1.807) is 12.1 Å². The summed E-state index contributed by atoms with van der Waals surface area (Å²) in [7, 11) is 4.87. The van der Waals surface area contributed by atoms with Gasteiger partial charge < -0.3 is 24.4 Å². The van der Waals surface area contributed by atoms with Gasteiger partial charge in [0.2, 0.25) is 5.88 Å². The van der Waals surface area contributed by atoms with Crippen LogP contribution in [0.4, 0.5) is 23.2 Å². The van der Waals surface area contributed by atoms with Crippen LogP contribution in [0, 0.1) is 5.82 Å². The first-order valence-electron chi connectivity index (χ1n) is 13.8. The van der Waals surface area contributed by atoms with Crippen molar-refractivity contribution in [2.75, 3.05) is 52.8 Å². The summed E-state index contributed by atoms with van der Waals surface area (Å²) in [5.74, 6) is -2.82. The van der Waals surface area contributed by atoms with Gasteiger partial charge in [-0.3, -0.25) is 14.5 Å². The molecular weight excluding hydrogens is 598 g/mol. The van der Waals surface area contributed by atoms with Crippen LogP contribution in [0.25, 0.3) is 10.9 Å². The number of piperazine rings is 1. The van der Waals surface area contributed by atoms with Gasteiger partial charge in [0.15, 0.2) is 11.5 Å². The van der Waals surface area contributed by atoms with Gasteiger partial charge in [0, 0.05) is 50.5 Å². The Labute approximate surface area is 255 Å². The lowest BCUT2D eigenvalue weighted by Crippen LogP contribution is -2.44. The fourth-order valence-electron chi connectivity index (χ4n) is 4.91. The number of benzene rings is 3. The number of nitrogens with zero attached hydrogens (tertiary/aromatic N) is 4. The summed E-state index contributed by atoms with van der Waals surface area (Å²) < 4.78 is 73.1. The fraction of sp³-hybridized carbons (Fsp3) is 0.290. The number of carbonyl (C=O) groups excluding carboxylic acids is 2. The number of ether oxygens (including phenoxy) is 3. The summed E-state index contributed by atoms with van der Waals surface area (Å²) in [5, 5.41) is 2.60. The predicted octanol–water partition coefficient (Wildman–Crippen LogP) is 5.17. The average molecular weight is 628 g/mol. The van der Waals surface area contributed by atoms with Gasteiger partial charge in [-0.25, -0.2) is 14.4 Å². The Morgan fingerprint density at radius 3 is 2.31 bits per heavy atom. The quantitative estimate of drug-likeness (QED) is 0.153. The Morgan fingerprint density at radius 1 is 0.933 bits per heavy atom. The molecule has 0 saturated carbocycles. The number of hydrogen-bond acceptors (Lipinski definition) is 9. The monoisotopic (exact) mass is 627 g/mol. The van der Waals surface area contributed by atoms with E-state index in [1.807, 2.05) is 11.9 Å². The highest BCUT2D eigenvalue weighted by Crippen LogP contribution is 2.37. The van der Waals surface area contributed by atoms with Gasteiger partial charge in [0.1, 0.15) is 17.9 Å². The minimum atomic E-state index is -4.69. The molecule has 1 N–H and O–H groups in total. The van der Waals surface area contributed by atoms with Crippen LogP contribution in [0.5, 0.6) is 23.1 Å². The normalized spacial score (nSPS) is 14.3. The molecule has 2 heterocycles. The molecule has 0 bridgehead atoms. The van der Waals surface area contributed by atoms with Gasteiger partial charge in [-0.05, 0) is 42.9 Å². The maximum absolute atomic E-state index is 15.0. The summed E-state index contributed by atoms with van der Waals surface area (Å²) in [5.41, 5.74) is -1.25. The first kappa shape index (κ1) is 31.6. The van der Waals surface area contributed by atoms with Crippen molar-refractivity contribution >= 4 is 28.3 Å². The molecule has 0 radical (unpaired) electrons. The smallest absolute Gasteiger partial charge is 0.416 e. The Balaban J connectivity index is 1.31. The summed E-state index contributed by atoms with van der Waals surface area (Å²) >= 11 is 0. The Bertz CT molecular complexity index is 1740. The number of nitrogens with one attached hydrogen (secondary N) is 1. The molecule has 10 nitrogen and oxygen atoms in total. The van der Waals surface area contributed by atoms with Crippen LogP contribution in [-0.2, 0) is 17.5 Å². The number of rotatable bonds is 9. The number of hydrogen-bond donors (Lipinski definition) is 1.